The summed E-state index contributed by atoms with van der Waals surface area (Å²) in [5, 5.41) is 17.9. The largest absolute Gasteiger partial charge is 0.505 e. The highest BCUT2D eigenvalue weighted by Gasteiger charge is 2.41. The summed E-state index contributed by atoms with van der Waals surface area (Å²) in [6, 6.07) is 0. The maximum absolute atomic E-state index is 10.5. The van der Waals surface area contributed by atoms with Gasteiger partial charge in [0.05, 0.1) is 6.61 Å². The van der Waals surface area contributed by atoms with Crippen molar-refractivity contribution >= 4 is 6.16 Å². The summed E-state index contributed by atoms with van der Waals surface area (Å²) >= 11 is 0. The van der Waals surface area contributed by atoms with Crippen LogP contribution in [0.5, 0.6) is 0 Å². The predicted molar refractivity (Wildman–Crippen MR) is 125 cm³/mol. The SMILES string of the molecule is CC(C)C1CCCC(CO)C1(C)C.CC(C)CC1CCCC(COC(=O)O)C1(C)C. The number of hydrogen-bond acceptors (Lipinski definition) is 3. The maximum atomic E-state index is 10.5. The summed E-state index contributed by atoms with van der Waals surface area (Å²) in [5.41, 5.74) is 0.527. The molecule has 4 unspecified atom stereocenters. The Balaban J connectivity index is 0.000000311. The van der Waals surface area contributed by atoms with Gasteiger partial charge >= 0.3 is 6.16 Å². The molecule has 2 rings (SSSR count). The molecular formula is C26H50O4. The van der Waals surface area contributed by atoms with E-state index in [0.717, 1.165) is 18.3 Å². The van der Waals surface area contributed by atoms with E-state index in [0.29, 0.717) is 42.3 Å². The van der Waals surface area contributed by atoms with Crippen LogP contribution in [0, 0.1) is 46.3 Å². The number of carboxylic acid groups (broad SMARTS) is 1. The fourth-order valence-electron chi connectivity index (χ4n) is 6.30. The molecule has 2 aliphatic rings. The van der Waals surface area contributed by atoms with Crippen molar-refractivity contribution in [3.8, 4) is 0 Å². The van der Waals surface area contributed by atoms with E-state index in [1.807, 2.05) is 0 Å². The van der Waals surface area contributed by atoms with Crippen LogP contribution in [0.15, 0.2) is 0 Å². The lowest BCUT2D eigenvalue weighted by Crippen LogP contribution is -2.40. The molecule has 178 valence electrons. The van der Waals surface area contributed by atoms with Gasteiger partial charge in [-0.05, 0) is 78.4 Å². The third-order valence-electron chi connectivity index (χ3n) is 8.47. The van der Waals surface area contributed by atoms with E-state index < -0.39 is 6.16 Å². The first-order chi connectivity index (χ1) is 13.8. The summed E-state index contributed by atoms with van der Waals surface area (Å²) in [6.07, 6.45) is 7.52. The molecule has 30 heavy (non-hydrogen) atoms. The quantitative estimate of drug-likeness (QED) is 0.439. The Kier molecular flexibility index (Phi) is 10.7. The van der Waals surface area contributed by atoms with Crippen molar-refractivity contribution in [2.45, 2.75) is 100 Å². The van der Waals surface area contributed by atoms with E-state index in [1.54, 1.807) is 0 Å². The molecule has 2 fully saturated rings. The lowest BCUT2D eigenvalue weighted by atomic mass is 9.59. The van der Waals surface area contributed by atoms with Crippen LogP contribution in [0.1, 0.15) is 100 Å². The first-order valence-corrected chi connectivity index (χ1v) is 12.3. The van der Waals surface area contributed by atoms with E-state index >= 15 is 0 Å². The van der Waals surface area contributed by atoms with E-state index in [-0.39, 0.29) is 5.41 Å². The van der Waals surface area contributed by atoms with Gasteiger partial charge in [-0.2, -0.15) is 0 Å². The standard InChI is InChI=1S/C14H26O3.C12H24O/c1-10(2)8-11-6-5-7-12(14(11,3)4)9-17-13(15)16;1-9(2)11-7-5-6-10(8-13)12(11,3)4/h10-12H,5-9H2,1-4H3,(H,15,16);9-11,13H,5-8H2,1-4H3. The van der Waals surface area contributed by atoms with Crippen molar-refractivity contribution in [1.82, 2.24) is 0 Å². The minimum absolute atomic E-state index is 0.192. The zero-order valence-electron chi connectivity index (χ0n) is 21.0. The zero-order valence-corrected chi connectivity index (χ0v) is 21.0. The molecule has 4 heteroatoms. The van der Waals surface area contributed by atoms with Gasteiger partial charge in [0.15, 0.2) is 0 Å². The average molecular weight is 427 g/mol. The number of hydrogen-bond donors (Lipinski definition) is 2. The molecule has 0 aromatic carbocycles. The predicted octanol–water partition coefficient (Wildman–Crippen LogP) is 7.25. The fourth-order valence-corrected chi connectivity index (χ4v) is 6.30. The second-order valence-electron chi connectivity index (χ2n) is 11.8. The molecule has 0 aromatic rings. The molecule has 4 atom stereocenters. The van der Waals surface area contributed by atoms with Gasteiger partial charge in [0.1, 0.15) is 0 Å². The number of carbonyl (C=O) groups is 1. The van der Waals surface area contributed by atoms with Crippen LogP contribution >= 0.6 is 0 Å². The van der Waals surface area contributed by atoms with Crippen molar-refractivity contribution in [2.75, 3.05) is 13.2 Å². The zero-order chi connectivity index (χ0) is 23.1. The fraction of sp³-hybridized carbons (Fsp3) is 0.962. The van der Waals surface area contributed by atoms with Gasteiger partial charge in [-0.15, -0.1) is 0 Å². The molecule has 2 saturated carbocycles. The number of rotatable bonds is 6. The van der Waals surface area contributed by atoms with Gasteiger partial charge in [0, 0.05) is 6.61 Å². The highest BCUT2D eigenvalue weighted by Crippen LogP contribution is 2.48. The van der Waals surface area contributed by atoms with Crippen molar-refractivity contribution in [2.24, 2.45) is 46.3 Å². The number of aliphatic hydroxyl groups excluding tert-OH is 1. The second-order valence-corrected chi connectivity index (χ2v) is 11.8. The van der Waals surface area contributed by atoms with Gasteiger partial charge < -0.3 is 14.9 Å². The van der Waals surface area contributed by atoms with Crippen molar-refractivity contribution < 1.29 is 19.7 Å². The van der Waals surface area contributed by atoms with Crippen LogP contribution in [-0.4, -0.2) is 29.6 Å². The number of ether oxygens (including phenoxy) is 1. The summed E-state index contributed by atoms with van der Waals surface area (Å²) in [5.74, 6) is 3.84. The Morgan fingerprint density at radius 2 is 1.43 bits per heavy atom. The van der Waals surface area contributed by atoms with Crippen LogP contribution in [0.4, 0.5) is 4.79 Å². The first kappa shape index (κ1) is 27.3. The van der Waals surface area contributed by atoms with Gasteiger partial charge in [-0.3, -0.25) is 0 Å². The van der Waals surface area contributed by atoms with E-state index in [4.69, 9.17) is 9.84 Å². The van der Waals surface area contributed by atoms with Crippen molar-refractivity contribution in [1.29, 1.82) is 0 Å². The van der Waals surface area contributed by atoms with Crippen LogP contribution in [0.25, 0.3) is 0 Å². The Morgan fingerprint density at radius 3 is 1.93 bits per heavy atom. The molecule has 0 bridgehead atoms. The molecule has 0 saturated heterocycles. The third kappa shape index (κ3) is 7.43. The van der Waals surface area contributed by atoms with Crippen LogP contribution in [-0.2, 0) is 4.74 Å². The smallest absolute Gasteiger partial charge is 0.450 e. The summed E-state index contributed by atoms with van der Waals surface area (Å²) in [4.78, 5) is 10.5. The Labute approximate surface area is 186 Å². The second kappa shape index (κ2) is 11.7. The number of aliphatic hydroxyl groups is 1. The average Bonchev–Trinajstić information content (AvgIpc) is 2.61. The van der Waals surface area contributed by atoms with E-state index in [1.165, 1.54) is 38.5 Å². The third-order valence-corrected chi connectivity index (χ3v) is 8.47. The molecule has 0 aromatic heterocycles. The molecule has 4 nitrogen and oxygen atoms in total. The summed E-state index contributed by atoms with van der Waals surface area (Å²) in [7, 11) is 0. The highest BCUT2D eigenvalue weighted by molar-refractivity contribution is 5.56. The normalized spacial score (nSPS) is 30.5. The topological polar surface area (TPSA) is 66.8 Å². The van der Waals surface area contributed by atoms with Crippen LogP contribution in [0.2, 0.25) is 0 Å². The minimum Gasteiger partial charge on any atom is -0.450 e. The van der Waals surface area contributed by atoms with Crippen LogP contribution in [0.3, 0.4) is 0 Å². The van der Waals surface area contributed by atoms with Gasteiger partial charge in [0.2, 0.25) is 0 Å². The molecule has 0 amide bonds. The lowest BCUT2D eigenvalue weighted by molar-refractivity contribution is -0.00755. The molecule has 2 N–H and O–H groups in total. The maximum Gasteiger partial charge on any atom is 0.505 e. The van der Waals surface area contributed by atoms with E-state index in [2.05, 4.69) is 55.4 Å². The Bertz CT molecular complexity index is 509. The molecule has 0 heterocycles. The first-order valence-electron chi connectivity index (χ1n) is 12.3. The monoisotopic (exact) mass is 426 g/mol. The minimum atomic E-state index is -1.15. The van der Waals surface area contributed by atoms with Crippen LogP contribution < -0.4 is 0 Å². The molecule has 0 aliphatic heterocycles. The van der Waals surface area contributed by atoms with Crippen molar-refractivity contribution in [3.05, 3.63) is 0 Å². The van der Waals surface area contributed by atoms with Crippen molar-refractivity contribution in [3.63, 3.8) is 0 Å². The van der Waals surface area contributed by atoms with Gasteiger partial charge in [-0.1, -0.05) is 68.2 Å². The summed E-state index contributed by atoms with van der Waals surface area (Å²) in [6.45, 7) is 19.1. The molecule has 0 radical (unpaired) electrons. The lowest BCUT2D eigenvalue weighted by Gasteiger charge is -2.46. The van der Waals surface area contributed by atoms with E-state index in [9.17, 15) is 9.90 Å². The highest BCUT2D eigenvalue weighted by atomic mass is 16.7. The summed E-state index contributed by atoms with van der Waals surface area (Å²) < 4.78 is 4.79. The van der Waals surface area contributed by atoms with Gasteiger partial charge in [0.25, 0.3) is 0 Å². The molecule has 0 spiro atoms. The molecule has 2 aliphatic carbocycles. The Hall–Kier alpha value is -0.770. The van der Waals surface area contributed by atoms with Gasteiger partial charge in [-0.25, -0.2) is 4.79 Å². The molecular weight excluding hydrogens is 376 g/mol. The Morgan fingerprint density at radius 1 is 0.900 bits per heavy atom.